The van der Waals surface area contributed by atoms with Crippen LogP contribution in [-0.4, -0.2) is 41.5 Å². The Kier molecular flexibility index (Phi) is 6.81. The van der Waals surface area contributed by atoms with E-state index in [1.54, 1.807) is 0 Å². The van der Waals surface area contributed by atoms with Crippen molar-refractivity contribution >= 4 is 41.6 Å². The number of hydrogen-bond donors (Lipinski definition) is 1. The molecule has 1 N–H and O–H groups in total. The van der Waals surface area contributed by atoms with Crippen molar-refractivity contribution in [1.29, 1.82) is 0 Å². The molecular formula is C17H23Cl2N3O. The van der Waals surface area contributed by atoms with Crippen molar-refractivity contribution in [2.45, 2.75) is 26.8 Å². The molecule has 1 aliphatic heterocycles. The van der Waals surface area contributed by atoms with Crippen LogP contribution >= 0.6 is 24.8 Å². The lowest BCUT2D eigenvalue weighted by Gasteiger charge is -2.34. The Morgan fingerprint density at radius 3 is 2.70 bits per heavy atom. The van der Waals surface area contributed by atoms with Gasteiger partial charge in [-0.15, -0.1) is 24.8 Å². The van der Waals surface area contributed by atoms with Crippen molar-refractivity contribution in [3.8, 4) is 0 Å². The van der Waals surface area contributed by atoms with E-state index in [-0.39, 0.29) is 36.8 Å². The van der Waals surface area contributed by atoms with Crippen LogP contribution in [0.3, 0.4) is 0 Å². The number of hydrogen-bond acceptors (Lipinski definition) is 3. The van der Waals surface area contributed by atoms with Gasteiger partial charge in [-0.2, -0.15) is 0 Å². The number of piperazine rings is 1. The van der Waals surface area contributed by atoms with Crippen LogP contribution in [0.4, 0.5) is 0 Å². The van der Waals surface area contributed by atoms with Gasteiger partial charge >= 0.3 is 0 Å². The van der Waals surface area contributed by atoms with E-state index in [0.29, 0.717) is 0 Å². The molecule has 1 aromatic heterocycles. The third-order valence-electron chi connectivity index (χ3n) is 4.15. The SMILES string of the molecule is Cc1ccc2nc(C)c(C(=O)N3CCNC[C@@H]3C)cc2c1.Cl.Cl. The monoisotopic (exact) mass is 355 g/mol. The predicted octanol–water partition coefficient (Wildman–Crippen LogP) is 3.13. The average molecular weight is 356 g/mol. The fourth-order valence-corrected chi connectivity index (χ4v) is 2.91. The molecule has 0 aliphatic carbocycles. The summed E-state index contributed by atoms with van der Waals surface area (Å²) in [6.07, 6.45) is 0. The van der Waals surface area contributed by atoms with Gasteiger partial charge in [-0.25, -0.2) is 0 Å². The smallest absolute Gasteiger partial charge is 0.256 e. The zero-order valence-electron chi connectivity index (χ0n) is 13.6. The summed E-state index contributed by atoms with van der Waals surface area (Å²) in [6.45, 7) is 8.52. The first kappa shape index (κ1) is 19.7. The first-order valence-electron chi connectivity index (χ1n) is 7.46. The van der Waals surface area contributed by atoms with Crippen molar-refractivity contribution < 1.29 is 4.79 Å². The Bertz CT molecular complexity index is 706. The summed E-state index contributed by atoms with van der Waals surface area (Å²) in [4.78, 5) is 19.4. The molecule has 2 heterocycles. The second kappa shape index (κ2) is 7.95. The lowest BCUT2D eigenvalue weighted by molar-refractivity contribution is 0.0654. The second-order valence-corrected chi connectivity index (χ2v) is 5.87. The number of nitrogens with one attached hydrogen (secondary N) is 1. The van der Waals surface area contributed by atoms with Gasteiger partial charge in [0.2, 0.25) is 0 Å². The van der Waals surface area contributed by atoms with Crippen LogP contribution in [0, 0.1) is 13.8 Å². The largest absolute Gasteiger partial charge is 0.333 e. The molecule has 23 heavy (non-hydrogen) atoms. The van der Waals surface area contributed by atoms with Gasteiger partial charge in [-0.3, -0.25) is 9.78 Å². The normalized spacial score (nSPS) is 17.3. The standard InChI is InChI=1S/C17H21N3O.2ClH/c1-11-4-5-16-14(8-11)9-15(13(3)19-16)17(21)20-7-6-18-10-12(20)2;;/h4-5,8-9,12,18H,6-7,10H2,1-3H3;2*1H/t12-;;/m0../s1. The maximum absolute atomic E-state index is 12.8. The van der Waals surface area contributed by atoms with E-state index in [9.17, 15) is 4.79 Å². The number of nitrogens with zero attached hydrogens (tertiary/aromatic N) is 2. The Morgan fingerprint density at radius 2 is 2.00 bits per heavy atom. The van der Waals surface area contributed by atoms with Crippen LogP contribution < -0.4 is 5.32 Å². The topological polar surface area (TPSA) is 45.2 Å². The first-order chi connectivity index (χ1) is 10.1. The summed E-state index contributed by atoms with van der Waals surface area (Å²) >= 11 is 0. The molecule has 1 saturated heterocycles. The number of halogens is 2. The summed E-state index contributed by atoms with van der Waals surface area (Å²) in [5.41, 5.74) is 3.66. The van der Waals surface area contributed by atoms with Gasteiger partial charge in [0.05, 0.1) is 16.8 Å². The molecule has 0 saturated carbocycles. The van der Waals surface area contributed by atoms with Gasteiger partial charge in [0.25, 0.3) is 5.91 Å². The zero-order valence-corrected chi connectivity index (χ0v) is 15.3. The van der Waals surface area contributed by atoms with Crippen molar-refractivity contribution in [3.63, 3.8) is 0 Å². The lowest BCUT2D eigenvalue weighted by atomic mass is 10.1. The van der Waals surface area contributed by atoms with Crippen LogP contribution in [0.25, 0.3) is 10.9 Å². The maximum atomic E-state index is 12.8. The molecule has 6 heteroatoms. The summed E-state index contributed by atoms with van der Waals surface area (Å²) in [7, 11) is 0. The Morgan fingerprint density at radius 1 is 1.26 bits per heavy atom. The number of amides is 1. The molecule has 0 bridgehead atoms. The number of aromatic nitrogens is 1. The number of benzene rings is 1. The van der Waals surface area contributed by atoms with Crippen molar-refractivity contribution in [1.82, 2.24) is 15.2 Å². The third kappa shape index (κ3) is 3.94. The van der Waals surface area contributed by atoms with Crippen molar-refractivity contribution in [2.75, 3.05) is 19.6 Å². The Labute approximate surface area is 149 Å². The molecule has 126 valence electrons. The molecule has 0 spiro atoms. The molecule has 1 amide bonds. The van der Waals surface area contributed by atoms with Gasteiger partial charge in [-0.05, 0) is 39.0 Å². The highest BCUT2D eigenvalue weighted by Crippen LogP contribution is 2.20. The molecule has 1 fully saturated rings. The molecule has 2 aromatic rings. The maximum Gasteiger partial charge on any atom is 0.256 e. The van der Waals surface area contributed by atoms with E-state index in [4.69, 9.17) is 0 Å². The van der Waals surface area contributed by atoms with Gasteiger partial charge in [0.15, 0.2) is 0 Å². The zero-order chi connectivity index (χ0) is 15.0. The quantitative estimate of drug-likeness (QED) is 0.854. The van der Waals surface area contributed by atoms with Crippen LogP contribution in [0.15, 0.2) is 24.3 Å². The molecule has 1 atom stereocenters. The van der Waals surface area contributed by atoms with E-state index in [2.05, 4.69) is 36.3 Å². The minimum atomic E-state index is 0. The third-order valence-corrected chi connectivity index (χ3v) is 4.15. The average Bonchev–Trinajstić information content (AvgIpc) is 2.47. The van der Waals surface area contributed by atoms with E-state index in [0.717, 1.165) is 41.8 Å². The van der Waals surface area contributed by atoms with Crippen LogP contribution in [0.2, 0.25) is 0 Å². The van der Waals surface area contributed by atoms with Gasteiger partial charge < -0.3 is 10.2 Å². The molecule has 4 nitrogen and oxygen atoms in total. The van der Waals surface area contributed by atoms with E-state index >= 15 is 0 Å². The van der Waals surface area contributed by atoms with Crippen molar-refractivity contribution in [3.05, 3.63) is 41.1 Å². The Balaban J connectivity index is 0.00000132. The van der Waals surface area contributed by atoms with E-state index in [1.807, 2.05) is 24.0 Å². The van der Waals surface area contributed by atoms with Crippen LogP contribution in [0.1, 0.15) is 28.5 Å². The molecule has 0 radical (unpaired) electrons. The molecule has 1 aromatic carbocycles. The molecule has 0 unspecified atom stereocenters. The highest BCUT2D eigenvalue weighted by Gasteiger charge is 2.25. The van der Waals surface area contributed by atoms with Gasteiger partial charge in [-0.1, -0.05) is 11.6 Å². The first-order valence-corrected chi connectivity index (χ1v) is 7.46. The molecule has 3 rings (SSSR count). The number of pyridine rings is 1. The lowest BCUT2D eigenvalue weighted by Crippen LogP contribution is -2.52. The minimum Gasteiger partial charge on any atom is -0.333 e. The molecular weight excluding hydrogens is 333 g/mol. The number of aryl methyl sites for hydroxylation is 2. The summed E-state index contributed by atoms with van der Waals surface area (Å²) in [5.74, 6) is 0.0948. The van der Waals surface area contributed by atoms with Crippen LogP contribution in [0.5, 0.6) is 0 Å². The van der Waals surface area contributed by atoms with Gasteiger partial charge in [0, 0.05) is 31.1 Å². The van der Waals surface area contributed by atoms with E-state index in [1.165, 1.54) is 5.56 Å². The second-order valence-electron chi connectivity index (χ2n) is 5.87. The summed E-state index contributed by atoms with van der Waals surface area (Å²) < 4.78 is 0. The summed E-state index contributed by atoms with van der Waals surface area (Å²) in [5, 5.41) is 4.35. The number of fused-ring (bicyclic) bond motifs is 1. The summed E-state index contributed by atoms with van der Waals surface area (Å²) in [6, 6.07) is 8.36. The highest BCUT2D eigenvalue weighted by molar-refractivity contribution is 5.99. The minimum absolute atomic E-state index is 0. The van der Waals surface area contributed by atoms with Gasteiger partial charge in [0.1, 0.15) is 0 Å². The van der Waals surface area contributed by atoms with Crippen LogP contribution in [-0.2, 0) is 0 Å². The highest BCUT2D eigenvalue weighted by atomic mass is 35.5. The number of carbonyl (C=O) groups excluding carboxylic acids is 1. The fourth-order valence-electron chi connectivity index (χ4n) is 2.91. The Hall–Kier alpha value is -1.36. The fraction of sp³-hybridized carbons (Fsp3) is 0.412. The number of carbonyl (C=O) groups is 1. The molecule has 1 aliphatic rings. The number of rotatable bonds is 1. The predicted molar refractivity (Wildman–Crippen MR) is 99.1 cm³/mol. The van der Waals surface area contributed by atoms with Crippen molar-refractivity contribution in [2.24, 2.45) is 0 Å². The van der Waals surface area contributed by atoms with E-state index < -0.39 is 0 Å².